The lowest BCUT2D eigenvalue weighted by Crippen LogP contribution is -2.45. The van der Waals surface area contributed by atoms with E-state index in [-0.39, 0.29) is 29.3 Å². The Kier molecular flexibility index (Phi) is 6.97. The molecule has 3 rings (SSSR count). The van der Waals surface area contributed by atoms with Crippen molar-refractivity contribution in [3.63, 3.8) is 0 Å². The van der Waals surface area contributed by atoms with Gasteiger partial charge in [0.05, 0.1) is 28.4 Å². The van der Waals surface area contributed by atoms with Crippen LogP contribution in [0.3, 0.4) is 0 Å². The molecule has 0 spiro atoms. The average molecular weight is 481 g/mol. The Hall–Kier alpha value is -1.90. The number of ether oxygens (including phenoxy) is 1. The van der Waals surface area contributed by atoms with E-state index < -0.39 is 10.0 Å². The van der Waals surface area contributed by atoms with Crippen molar-refractivity contribution < 1.29 is 17.9 Å². The van der Waals surface area contributed by atoms with Crippen molar-refractivity contribution in [2.75, 3.05) is 20.2 Å². The molecular weight excluding hydrogens is 456 g/mol. The summed E-state index contributed by atoms with van der Waals surface area (Å²) in [6, 6.07) is 13.8. The van der Waals surface area contributed by atoms with Gasteiger partial charge in [0.15, 0.2) is 0 Å². The third kappa shape index (κ3) is 4.99. The topological polar surface area (TPSA) is 75.7 Å². The summed E-state index contributed by atoms with van der Waals surface area (Å²) in [6.07, 6.45) is 1.33. The zero-order valence-electron chi connectivity index (χ0n) is 16.5. The Bertz CT molecular complexity index is 966. The van der Waals surface area contributed by atoms with Crippen molar-refractivity contribution in [2.24, 2.45) is 5.92 Å². The first-order valence-corrected chi connectivity index (χ1v) is 11.7. The molecule has 8 heteroatoms. The summed E-state index contributed by atoms with van der Waals surface area (Å²) in [5.74, 6) is 0.227. The molecule has 1 saturated heterocycles. The molecule has 156 valence electrons. The molecule has 0 aliphatic carbocycles. The second-order valence-corrected chi connectivity index (χ2v) is 9.93. The Morgan fingerprint density at radius 2 is 1.97 bits per heavy atom. The van der Waals surface area contributed by atoms with Gasteiger partial charge in [-0.3, -0.25) is 4.79 Å². The highest BCUT2D eigenvalue weighted by atomic mass is 79.9. The molecule has 0 radical (unpaired) electrons. The summed E-state index contributed by atoms with van der Waals surface area (Å²) in [7, 11) is -1.99. The van der Waals surface area contributed by atoms with Gasteiger partial charge in [0.1, 0.15) is 5.75 Å². The second kappa shape index (κ2) is 9.28. The standard InChI is InChI=1S/C21H25BrN2O4S/c1-15(16-10-11-20(28-2)19(22)13-16)23-21(25)17-7-6-12-24(14-17)29(26,27)18-8-4-3-5-9-18/h3-5,8-11,13,15,17H,6-7,12,14H2,1-2H3,(H,23,25). The maximum atomic E-state index is 12.9. The molecule has 2 atom stereocenters. The van der Waals surface area contributed by atoms with Gasteiger partial charge in [-0.1, -0.05) is 24.3 Å². The highest BCUT2D eigenvalue weighted by Crippen LogP contribution is 2.29. The highest BCUT2D eigenvalue weighted by Gasteiger charge is 2.33. The van der Waals surface area contributed by atoms with Crippen LogP contribution in [0.1, 0.15) is 31.4 Å². The monoisotopic (exact) mass is 480 g/mol. The van der Waals surface area contributed by atoms with Crippen molar-refractivity contribution in [3.8, 4) is 5.75 Å². The third-order valence-electron chi connectivity index (χ3n) is 5.17. The number of benzene rings is 2. The second-order valence-electron chi connectivity index (χ2n) is 7.14. The zero-order valence-corrected chi connectivity index (χ0v) is 18.9. The molecule has 1 aliphatic rings. The molecule has 0 saturated carbocycles. The average Bonchev–Trinajstić information content (AvgIpc) is 2.74. The van der Waals surface area contributed by atoms with Crippen LogP contribution in [0, 0.1) is 5.92 Å². The van der Waals surface area contributed by atoms with Crippen LogP contribution in [-0.2, 0) is 14.8 Å². The lowest BCUT2D eigenvalue weighted by atomic mass is 9.98. The van der Waals surface area contributed by atoms with Crippen molar-refractivity contribution in [1.82, 2.24) is 9.62 Å². The van der Waals surface area contributed by atoms with Crippen LogP contribution in [0.25, 0.3) is 0 Å². The molecule has 0 bridgehead atoms. The molecule has 0 aromatic heterocycles. The third-order valence-corrected chi connectivity index (χ3v) is 7.67. The zero-order chi connectivity index (χ0) is 21.0. The minimum atomic E-state index is -3.59. The van der Waals surface area contributed by atoms with Crippen LogP contribution in [0.2, 0.25) is 0 Å². The summed E-state index contributed by atoms with van der Waals surface area (Å²) in [5, 5.41) is 3.02. The van der Waals surface area contributed by atoms with Crippen LogP contribution in [-0.4, -0.2) is 38.8 Å². The minimum absolute atomic E-state index is 0.127. The van der Waals surface area contributed by atoms with Crippen molar-refractivity contribution in [2.45, 2.75) is 30.7 Å². The van der Waals surface area contributed by atoms with Crippen molar-refractivity contribution in [1.29, 1.82) is 0 Å². The lowest BCUT2D eigenvalue weighted by Gasteiger charge is -2.32. The Morgan fingerprint density at radius 3 is 2.62 bits per heavy atom. The quantitative estimate of drug-likeness (QED) is 0.682. The van der Waals surface area contributed by atoms with Gasteiger partial charge in [-0.05, 0) is 65.5 Å². The highest BCUT2D eigenvalue weighted by molar-refractivity contribution is 9.10. The van der Waals surface area contributed by atoms with Gasteiger partial charge in [0, 0.05) is 13.1 Å². The molecule has 1 fully saturated rings. The largest absolute Gasteiger partial charge is 0.496 e. The lowest BCUT2D eigenvalue weighted by molar-refractivity contribution is -0.126. The Morgan fingerprint density at radius 1 is 1.24 bits per heavy atom. The van der Waals surface area contributed by atoms with E-state index in [4.69, 9.17) is 4.74 Å². The summed E-state index contributed by atoms with van der Waals surface area (Å²) in [4.78, 5) is 13.1. The van der Waals surface area contributed by atoms with Crippen LogP contribution < -0.4 is 10.1 Å². The van der Waals surface area contributed by atoms with Crippen LogP contribution in [0.15, 0.2) is 57.9 Å². The van der Waals surface area contributed by atoms with Crippen LogP contribution in [0.4, 0.5) is 0 Å². The molecule has 1 N–H and O–H groups in total. The molecule has 1 amide bonds. The fourth-order valence-electron chi connectivity index (χ4n) is 3.48. The van der Waals surface area contributed by atoms with E-state index in [1.54, 1.807) is 37.4 Å². The van der Waals surface area contributed by atoms with Gasteiger partial charge in [0.2, 0.25) is 15.9 Å². The van der Waals surface area contributed by atoms with E-state index in [9.17, 15) is 13.2 Å². The molecular formula is C21H25BrN2O4S. The minimum Gasteiger partial charge on any atom is -0.496 e. The fourth-order valence-corrected chi connectivity index (χ4v) is 5.59. The summed E-state index contributed by atoms with van der Waals surface area (Å²) in [6.45, 7) is 2.54. The van der Waals surface area contributed by atoms with E-state index in [1.807, 2.05) is 25.1 Å². The molecule has 2 aromatic carbocycles. The van der Waals surface area contributed by atoms with E-state index >= 15 is 0 Å². The molecule has 1 aliphatic heterocycles. The van der Waals surface area contributed by atoms with E-state index in [0.717, 1.165) is 15.8 Å². The van der Waals surface area contributed by atoms with Gasteiger partial charge >= 0.3 is 0 Å². The van der Waals surface area contributed by atoms with Gasteiger partial charge < -0.3 is 10.1 Å². The predicted molar refractivity (Wildman–Crippen MR) is 115 cm³/mol. The number of nitrogens with zero attached hydrogens (tertiary/aromatic N) is 1. The SMILES string of the molecule is COc1ccc(C(C)NC(=O)C2CCCN(S(=O)(=O)c3ccccc3)C2)cc1Br. The summed E-state index contributed by atoms with van der Waals surface area (Å²) < 4.78 is 33.2. The summed E-state index contributed by atoms with van der Waals surface area (Å²) >= 11 is 3.46. The van der Waals surface area contributed by atoms with Gasteiger partial charge in [0.25, 0.3) is 0 Å². The van der Waals surface area contributed by atoms with Crippen molar-refractivity contribution >= 4 is 31.9 Å². The van der Waals surface area contributed by atoms with E-state index in [0.29, 0.717) is 19.4 Å². The number of rotatable bonds is 6. The first kappa shape index (κ1) is 21.8. The maximum absolute atomic E-state index is 12.9. The number of nitrogens with one attached hydrogen (secondary N) is 1. The number of hydrogen-bond donors (Lipinski definition) is 1. The van der Waals surface area contributed by atoms with E-state index in [2.05, 4.69) is 21.2 Å². The molecule has 2 aromatic rings. The maximum Gasteiger partial charge on any atom is 0.243 e. The summed E-state index contributed by atoms with van der Waals surface area (Å²) in [5.41, 5.74) is 0.940. The number of hydrogen-bond acceptors (Lipinski definition) is 4. The number of piperidine rings is 1. The number of amides is 1. The number of carbonyl (C=O) groups excluding carboxylic acids is 1. The molecule has 6 nitrogen and oxygen atoms in total. The van der Waals surface area contributed by atoms with E-state index in [1.165, 1.54) is 4.31 Å². The van der Waals surface area contributed by atoms with Gasteiger partial charge in [-0.25, -0.2) is 8.42 Å². The normalized spacial score (nSPS) is 18.8. The molecule has 1 heterocycles. The smallest absolute Gasteiger partial charge is 0.243 e. The number of carbonyl (C=O) groups is 1. The molecule has 29 heavy (non-hydrogen) atoms. The van der Waals surface area contributed by atoms with Crippen LogP contribution >= 0.6 is 15.9 Å². The fraction of sp³-hybridized carbons (Fsp3) is 0.381. The first-order chi connectivity index (χ1) is 13.8. The van der Waals surface area contributed by atoms with Gasteiger partial charge in [-0.2, -0.15) is 4.31 Å². The first-order valence-electron chi connectivity index (χ1n) is 9.52. The number of sulfonamides is 1. The van der Waals surface area contributed by atoms with Crippen LogP contribution in [0.5, 0.6) is 5.75 Å². The number of halogens is 1. The predicted octanol–water partition coefficient (Wildman–Crippen LogP) is 3.74. The molecule has 2 unspecified atom stereocenters. The van der Waals surface area contributed by atoms with Crippen molar-refractivity contribution in [3.05, 3.63) is 58.6 Å². The Balaban J connectivity index is 1.67. The number of methoxy groups -OCH3 is 1. The van der Waals surface area contributed by atoms with Gasteiger partial charge in [-0.15, -0.1) is 0 Å². The Labute approximate surface area is 180 Å².